The van der Waals surface area contributed by atoms with Crippen molar-refractivity contribution < 1.29 is 13.9 Å². The van der Waals surface area contributed by atoms with Gasteiger partial charge in [-0.15, -0.1) is 0 Å². The minimum atomic E-state index is -0.156. The van der Waals surface area contributed by atoms with Gasteiger partial charge in [-0.3, -0.25) is 4.79 Å². The molecule has 2 aliphatic carbocycles. The predicted octanol–water partition coefficient (Wildman–Crippen LogP) is 3.92. The van der Waals surface area contributed by atoms with Crippen LogP contribution in [0.1, 0.15) is 49.2 Å². The van der Waals surface area contributed by atoms with Crippen LogP contribution in [-0.2, 0) is 11.3 Å². The molecule has 2 saturated carbocycles. The van der Waals surface area contributed by atoms with E-state index in [1.54, 1.807) is 12.3 Å². The summed E-state index contributed by atoms with van der Waals surface area (Å²) in [5.74, 6) is 4.19. The van der Waals surface area contributed by atoms with Crippen LogP contribution in [0, 0.1) is 11.8 Å². The van der Waals surface area contributed by atoms with Gasteiger partial charge >= 0.3 is 0 Å². The first-order chi connectivity index (χ1) is 12.7. The molecule has 0 bridgehead atoms. The van der Waals surface area contributed by atoms with Gasteiger partial charge in [-0.05, 0) is 54.9 Å². The maximum Gasteiger partial charge on any atom is 0.244 e. The Morgan fingerprint density at radius 2 is 2.19 bits per heavy atom. The molecule has 4 rings (SSSR count). The van der Waals surface area contributed by atoms with Crippen molar-refractivity contribution in [3.05, 3.63) is 53.6 Å². The molecule has 2 heterocycles. The van der Waals surface area contributed by atoms with Crippen LogP contribution in [0.4, 0.5) is 0 Å². The summed E-state index contributed by atoms with van der Waals surface area (Å²) in [4.78, 5) is 16.2. The Balaban J connectivity index is 1.22. The molecule has 0 spiro atoms. The van der Waals surface area contributed by atoms with E-state index in [1.165, 1.54) is 25.3 Å². The van der Waals surface area contributed by atoms with Gasteiger partial charge in [0.25, 0.3) is 0 Å². The topological polar surface area (TPSA) is 64.4 Å². The highest BCUT2D eigenvalue weighted by molar-refractivity contribution is 5.91. The average Bonchev–Trinajstić information content (AvgIpc) is 3.57. The Morgan fingerprint density at radius 1 is 1.35 bits per heavy atom. The van der Waals surface area contributed by atoms with Crippen molar-refractivity contribution in [2.45, 2.75) is 38.6 Å². The van der Waals surface area contributed by atoms with Crippen molar-refractivity contribution in [3.63, 3.8) is 0 Å². The molecule has 2 unspecified atom stereocenters. The third-order valence-electron chi connectivity index (χ3n) is 4.95. The molecule has 2 aliphatic rings. The zero-order chi connectivity index (χ0) is 17.9. The van der Waals surface area contributed by atoms with E-state index in [0.29, 0.717) is 35.9 Å². The number of aromatic nitrogens is 1. The Bertz CT molecular complexity index is 790. The second-order valence-corrected chi connectivity index (χ2v) is 7.37. The molecule has 0 aliphatic heterocycles. The molecule has 2 aromatic heterocycles. The molecule has 26 heavy (non-hydrogen) atoms. The molecule has 0 radical (unpaired) electrons. The highest BCUT2D eigenvalue weighted by atomic mass is 16.5. The molecule has 2 aromatic rings. The highest BCUT2D eigenvalue weighted by Crippen LogP contribution is 2.47. The number of nitrogens with one attached hydrogen (secondary N) is 1. The number of amides is 1. The van der Waals surface area contributed by atoms with Crippen molar-refractivity contribution in [2.75, 3.05) is 6.61 Å². The number of rotatable bonds is 8. The SMILES string of the molecule is CC1CC1c1ccc(/C=C/C(=O)NCc2ccc(OCC3CC3)nc2)o1. The quantitative estimate of drug-likeness (QED) is 0.732. The minimum Gasteiger partial charge on any atom is -0.477 e. The molecule has 0 saturated heterocycles. The van der Waals surface area contributed by atoms with Crippen LogP contribution in [0.25, 0.3) is 6.08 Å². The molecule has 1 amide bonds. The third kappa shape index (κ3) is 4.54. The summed E-state index contributed by atoms with van der Waals surface area (Å²) < 4.78 is 11.4. The second-order valence-electron chi connectivity index (χ2n) is 7.37. The van der Waals surface area contributed by atoms with Gasteiger partial charge in [0.2, 0.25) is 11.8 Å². The number of hydrogen-bond donors (Lipinski definition) is 1. The third-order valence-corrected chi connectivity index (χ3v) is 4.95. The zero-order valence-corrected chi connectivity index (χ0v) is 15.0. The lowest BCUT2D eigenvalue weighted by Gasteiger charge is -2.05. The van der Waals surface area contributed by atoms with Crippen LogP contribution < -0.4 is 10.1 Å². The summed E-state index contributed by atoms with van der Waals surface area (Å²) in [6, 6.07) is 7.69. The first kappa shape index (κ1) is 16.9. The summed E-state index contributed by atoms with van der Waals surface area (Å²) >= 11 is 0. The van der Waals surface area contributed by atoms with Crippen LogP contribution >= 0.6 is 0 Å². The molecular weight excluding hydrogens is 328 g/mol. The molecule has 5 nitrogen and oxygen atoms in total. The van der Waals surface area contributed by atoms with Crippen molar-refractivity contribution in [3.8, 4) is 5.88 Å². The number of nitrogens with zero attached hydrogens (tertiary/aromatic N) is 1. The first-order valence-electron chi connectivity index (χ1n) is 9.31. The Kier molecular flexibility index (Phi) is 4.78. The van der Waals surface area contributed by atoms with E-state index in [-0.39, 0.29) is 5.91 Å². The van der Waals surface area contributed by atoms with Crippen LogP contribution in [0.15, 0.2) is 41.0 Å². The zero-order valence-electron chi connectivity index (χ0n) is 15.0. The van der Waals surface area contributed by atoms with E-state index >= 15 is 0 Å². The van der Waals surface area contributed by atoms with Gasteiger partial charge in [-0.25, -0.2) is 4.98 Å². The molecule has 0 aromatic carbocycles. The van der Waals surface area contributed by atoms with Crippen LogP contribution in [-0.4, -0.2) is 17.5 Å². The van der Waals surface area contributed by atoms with E-state index < -0.39 is 0 Å². The predicted molar refractivity (Wildman–Crippen MR) is 98.6 cm³/mol. The maximum absolute atomic E-state index is 12.0. The Hall–Kier alpha value is -2.56. The second kappa shape index (κ2) is 7.36. The summed E-state index contributed by atoms with van der Waals surface area (Å²) in [7, 11) is 0. The molecule has 1 N–H and O–H groups in total. The van der Waals surface area contributed by atoms with Gasteiger partial charge in [-0.1, -0.05) is 13.0 Å². The fourth-order valence-corrected chi connectivity index (χ4v) is 2.87. The largest absolute Gasteiger partial charge is 0.477 e. The molecule has 136 valence electrons. The lowest BCUT2D eigenvalue weighted by molar-refractivity contribution is -0.116. The van der Waals surface area contributed by atoms with Crippen LogP contribution in [0.3, 0.4) is 0 Å². The molecule has 5 heteroatoms. The number of ether oxygens (including phenoxy) is 1. The van der Waals surface area contributed by atoms with Gasteiger partial charge in [0.1, 0.15) is 11.5 Å². The Morgan fingerprint density at radius 3 is 2.88 bits per heavy atom. The monoisotopic (exact) mass is 352 g/mol. The number of hydrogen-bond acceptors (Lipinski definition) is 4. The van der Waals surface area contributed by atoms with Gasteiger partial charge in [0.15, 0.2) is 0 Å². The average molecular weight is 352 g/mol. The highest BCUT2D eigenvalue weighted by Gasteiger charge is 2.36. The number of carbonyl (C=O) groups is 1. The van der Waals surface area contributed by atoms with Crippen molar-refractivity contribution >= 4 is 12.0 Å². The number of furan rings is 1. The van der Waals surface area contributed by atoms with E-state index in [2.05, 4.69) is 17.2 Å². The van der Waals surface area contributed by atoms with Gasteiger partial charge in [0.05, 0.1) is 6.61 Å². The van der Waals surface area contributed by atoms with E-state index in [1.807, 2.05) is 24.3 Å². The van der Waals surface area contributed by atoms with Gasteiger partial charge in [-0.2, -0.15) is 0 Å². The normalized spacial score (nSPS) is 21.7. The molecular formula is C21H24N2O3. The number of carbonyl (C=O) groups excluding carboxylic acids is 1. The van der Waals surface area contributed by atoms with Crippen LogP contribution in [0.5, 0.6) is 5.88 Å². The van der Waals surface area contributed by atoms with Gasteiger partial charge < -0.3 is 14.5 Å². The van der Waals surface area contributed by atoms with Gasteiger partial charge in [0, 0.05) is 30.8 Å². The minimum absolute atomic E-state index is 0.156. The molecule has 2 atom stereocenters. The fraction of sp³-hybridized carbons (Fsp3) is 0.429. The van der Waals surface area contributed by atoms with E-state index in [9.17, 15) is 4.79 Å². The standard InChI is InChI=1S/C21H24N2O3/c1-14-10-18(14)19-7-5-17(26-19)6-8-20(24)22-11-16-4-9-21(23-12-16)25-13-15-2-3-15/h4-9,12,14-15,18H,2-3,10-11,13H2,1H3,(H,22,24)/b8-6+. The van der Waals surface area contributed by atoms with Crippen LogP contribution in [0.2, 0.25) is 0 Å². The van der Waals surface area contributed by atoms with Crippen molar-refractivity contribution in [1.82, 2.24) is 10.3 Å². The first-order valence-corrected chi connectivity index (χ1v) is 9.31. The maximum atomic E-state index is 12.0. The van der Waals surface area contributed by atoms with E-state index in [4.69, 9.17) is 9.15 Å². The summed E-state index contributed by atoms with van der Waals surface area (Å²) in [6.45, 7) is 3.40. The smallest absolute Gasteiger partial charge is 0.244 e. The van der Waals surface area contributed by atoms with E-state index in [0.717, 1.165) is 17.9 Å². The summed E-state index contributed by atoms with van der Waals surface area (Å²) in [5.41, 5.74) is 0.938. The lowest BCUT2D eigenvalue weighted by atomic mass is 10.2. The van der Waals surface area contributed by atoms with Crippen molar-refractivity contribution in [1.29, 1.82) is 0 Å². The van der Waals surface area contributed by atoms with Crippen molar-refractivity contribution in [2.24, 2.45) is 11.8 Å². The fourth-order valence-electron chi connectivity index (χ4n) is 2.87. The lowest BCUT2D eigenvalue weighted by Crippen LogP contribution is -2.20. The Labute approximate surface area is 153 Å². The number of pyridine rings is 1. The summed E-state index contributed by atoms with van der Waals surface area (Å²) in [6.07, 6.45) is 8.66. The summed E-state index contributed by atoms with van der Waals surface area (Å²) in [5, 5.41) is 2.85. The molecule has 2 fully saturated rings.